The number of nitrogens with zero attached hydrogens (tertiary/aromatic N) is 1. The Kier molecular flexibility index (Phi) is 4.89. The predicted octanol–water partition coefficient (Wildman–Crippen LogP) is 1.78. The van der Waals surface area contributed by atoms with E-state index >= 15 is 0 Å². The molecule has 0 saturated carbocycles. The SMILES string of the molecule is CCN(Cc1ccc(C(N)=O)cc1C)C(C)(C)C(=O)O. The molecule has 0 aliphatic carbocycles. The third-order valence-corrected chi connectivity index (χ3v) is 3.68. The summed E-state index contributed by atoms with van der Waals surface area (Å²) in [6, 6.07) is 5.24. The van der Waals surface area contributed by atoms with Gasteiger partial charge < -0.3 is 10.8 Å². The van der Waals surface area contributed by atoms with Gasteiger partial charge in [-0.2, -0.15) is 0 Å². The van der Waals surface area contributed by atoms with Gasteiger partial charge in [-0.25, -0.2) is 0 Å². The highest BCUT2D eigenvalue weighted by atomic mass is 16.4. The van der Waals surface area contributed by atoms with E-state index in [0.29, 0.717) is 18.7 Å². The first-order valence-electron chi connectivity index (χ1n) is 6.58. The summed E-state index contributed by atoms with van der Waals surface area (Å²) in [6.07, 6.45) is 0. The Labute approximate surface area is 119 Å². The molecule has 3 N–H and O–H groups in total. The van der Waals surface area contributed by atoms with Crippen molar-refractivity contribution in [2.24, 2.45) is 5.73 Å². The Hall–Kier alpha value is -1.88. The zero-order chi connectivity index (χ0) is 15.5. The van der Waals surface area contributed by atoms with E-state index in [0.717, 1.165) is 11.1 Å². The number of carboxylic acids is 1. The summed E-state index contributed by atoms with van der Waals surface area (Å²) < 4.78 is 0. The third kappa shape index (κ3) is 3.36. The van der Waals surface area contributed by atoms with E-state index in [1.165, 1.54) is 0 Å². The summed E-state index contributed by atoms with van der Waals surface area (Å²) >= 11 is 0. The smallest absolute Gasteiger partial charge is 0.323 e. The molecular weight excluding hydrogens is 256 g/mol. The van der Waals surface area contributed by atoms with Crippen molar-refractivity contribution in [2.75, 3.05) is 6.54 Å². The Balaban J connectivity index is 3.02. The number of hydrogen-bond donors (Lipinski definition) is 2. The quantitative estimate of drug-likeness (QED) is 0.830. The Morgan fingerprint density at radius 3 is 2.35 bits per heavy atom. The number of aliphatic carboxylic acids is 1. The molecule has 0 aromatic heterocycles. The van der Waals surface area contributed by atoms with Gasteiger partial charge in [0, 0.05) is 12.1 Å². The van der Waals surface area contributed by atoms with E-state index in [1.807, 2.05) is 24.8 Å². The molecule has 110 valence electrons. The van der Waals surface area contributed by atoms with Gasteiger partial charge in [0.15, 0.2) is 0 Å². The van der Waals surface area contributed by atoms with Crippen LogP contribution in [0.2, 0.25) is 0 Å². The number of carbonyl (C=O) groups excluding carboxylic acids is 1. The van der Waals surface area contributed by atoms with Gasteiger partial charge in [-0.3, -0.25) is 14.5 Å². The number of nitrogens with two attached hydrogens (primary N) is 1. The Bertz CT molecular complexity index is 524. The molecule has 5 nitrogen and oxygen atoms in total. The summed E-state index contributed by atoms with van der Waals surface area (Å²) in [5, 5.41) is 9.30. The zero-order valence-corrected chi connectivity index (χ0v) is 12.4. The molecule has 0 heterocycles. The van der Waals surface area contributed by atoms with E-state index < -0.39 is 17.4 Å². The van der Waals surface area contributed by atoms with Gasteiger partial charge >= 0.3 is 5.97 Å². The van der Waals surface area contributed by atoms with Crippen LogP contribution in [0.4, 0.5) is 0 Å². The average molecular weight is 278 g/mol. The standard InChI is InChI=1S/C15H22N2O3/c1-5-17(15(3,4)14(19)20)9-12-7-6-11(13(16)18)8-10(12)2/h6-8H,5,9H2,1-4H3,(H2,16,18)(H,19,20). The average Bonchev–Trinajstić information content (AvgIpc) is 2.36. The number of carboxylic acid groups (broad SMARTS) is 1. The number of benzene rings is 1. The summed E-state index contributed by atoms with van der Waals surface area (Å²) in [7, 11) is 0. The van der Waals surface area contributed by atoms with Crippen molar-refractivity contribution >= 4 is 11.9 Å². The molecule has 0 aliphatic rings. The molecule has 5 heteroatoms. The molecule has 0 saturated heterocycles. The minimum Gasteiger partial charge on any atom is -0.480 e. The lowest BCUT2D eigenvalue weighted by molar-refractivity contribution is -0.149. The minimum absolute atomic E-state index is 0.460. The van der Waals surface area contributed by atoms with Crippen LogP contribution >= 0.6 is 0 Å². The summed E-state index contributed by atoms with van der Waals surface area (Å²) in [6.45, 7) is 8.33. The second-order valence-electron chi connectivity index (χ2n) is 5.38. The highest BCUT2D eigenvalue weighted by Crippen LogP contribution is 2.20. The van der Waals surface area contributed by atoms with Gasteiger partial charge in [-0.15, -0.1) is 0 Å². The van der Waals surface area contributed by atoms with Crippen molar-refractivity contribution in [3.8, 4) is 0 Å². The maximum absolute atomic E-state index is 11.3. The highest BCUT2D eigenvalue weighted by molar-refractivity contribution is 5.93. The first kappa shape index (κ1) is 16.2. The van der Waals surface area contributed by atoms with Gasteiger partial charge in [-0.1, -0.05) is 13.0 Å². The molecule has 0 spiro atoms. The third-order valence-electron chi connectivity index (χ3n) is 3.68. The van der Waals surface area contributed by atoms with Crippen LogP contribution in [-0.2, 0) is 11.3 Å². The summed E-state index contributed by atoms with van der Waals surface area (Å²) in [5.41, 5.74) is 6.69. The molecule has 0 unspecified atom stereocenters. The molecule has 1 rings (SSSR count). The molecule has 0 aliphatic heterocycles. The normalized spacial score (nSPS) is 11.7. The van der Waals surface area contributed by atoms with E-state index in [-0.39, 0.29) is 0 Å². The maximum atomic E-state index is 11.3. The lowest BCUT2D eigenvalue weighted by Gasteiger charge is -2.34. The van der Waals surface area contributed by atoms with Gasteiger partial charge in [0.05, 0.1) is 0 Å². The van der Waals surface area contributed by atoms with Crippen molar-refractivity contribution in [2.45, 2.75) is 39.8 Å². The first-order valence-corrected chi connectivity index (χ1v) is 6.58. The first-order chi connectivity index (χ1) is 9.20. The second kappa shape index (κ2) is 6.05. The van der Waals surface area contributed by atoms with Gasteiger partial charge in [-0.05, 0) is 50.6 Å². The second-order valence-corrected chi connectivity index (χ2v) is 5.38. The molecule has 0 radical (unpaired) electrons. The van der Waals surface area contributed by atoms with Crippen LogP contribution in [-0.4, -0.2) is 34.0 Å². The van der Waals surface area contributed by atoms with E-state index in [4.69, 9.17) is 5.73 Å². The van der Waals surface area contributed by atoms with Gasteiger partial charge in [0.1, 0.15) is 5.54 Å². The van der Waals surface area contributed by atoms with E-state index in [1.54, 1.807) is 26.0 Å². The maximum Gasteiger partial charge on any atom is 0.323 e. The lowest BCUT2D eigenvalue weighted by Crippen LogP contribution is -2.49. The van der Waals surface area contributed by atoms with Crippen LogP contribution in [0.5, 0.6) is 0 Å². The number of aryl methyl sites for hydroxylation is 1. The van der Waals surface area contributed by atoms with Crippen molar-refractivity contribution < 1.29 is 14.7 Å². The number of rotatable bonds is 6. The molecule has 0 atom stereocenters. The predicted molar refractivity (Wildman–Crippen MR) is 77.5 cm³/mol. The van der Waals surface area contributed by atoms with Gasteiger partial charge in [0.2, 0.25) is 5.91 Å². The van der Waals surface area contributed by atoms with Crippen molar-refractivity contribution in [1.29, 1.82) is 0 Å². The molecular formula is C15H22N2O3. The van der Waals surface area contributed by atoms with Crippen molar-refractivity contribution in [3.05, 3.63) is 34.9 Å². The van der Waals surface area contributed by atoms with Crippen LogP contribution in [0, 0.1) is 6.92 Å². The van der Waals surface area contributed by atoms with Crippen LogP contribution in [0.15, 0.2) is 18.2 Å². The van der Waals surface area contributed by atoms with Crippen molar-refractivity contribution in [3.63, 3.8) is 0 Å². The molecule has 20 heavy (non-hydrogen) atoms. The zero-order valence-electron chi connectivity index (χ0n) is 12.4. The largest absolute Gasteiger partial charge is 0.480 e. The molecule has 1 aromatic rings. The number of primary amides is 1. The topological polar surface area (TPSA) is 83.6 Å². The monoisotopic (exact) mass is 278 g/mol. The highest BCUT2D eigenvalue weighted by Gasteiger charge is 2.33. The van der Waals surface area contributed by atoms with E-state index in [2.05, 4.69) is 0 Å². The van der Waals surface area contributed by atoms with Crippen molar-refractivity contribution in [1.82, 2.24) is 4.90 Å². The fourth-order valence-corrected chi connectivity index (χ4v) is 2.07. The van der Waals surface area contributed by atoms with E-state index in [9.17, 15) is 14.7 Å². The molecule has 1 aromatic carbocycles. The molecule has 0 fully saturated rings. The summed E-state index contributed by atoms with van der Waals surface area (Å²) in [4.78, 5) is 24.3. The fraction of sp³-hybridized carbons (Fsp3) is 0.467. The van der Waals surface area contributed by atoms with Crippen LogP contribution in [0.1, 0.15) is 42.3 Å². The molecule has 1 amide bonds. The summed E-state index contributed by atoms with van der Waals surface area (Å²) in [5.74, 6) is -1.32. The number of amides is 1. The van der Waals surface area contributed by atoms with Crippen LogP contribution in [0.25, 0.3) is 0 Å². The Morgan fingerprint density at radius 2 is 1.95 bits per heavy atom. The minimum atomic E-state index is -0.941. The number of carbonyl (C=O) groups is 2. The Morgan fingerprint density at radius 1 is 1.35 bits per heavy atom. The molecule has 0 bridgehead atoms. The lowest BCUT2D eigenvalue weighted by atomic mass is 9.99. The van der Waals surface area contributed by atoms with Crippen LogP contribution in [0.3, 0.4) is 0 Å². The van der Waals surface area contributed by atoms with Crippen LogP contribution < -0.4 is 5.73 Å². The van der Waals surface area contributed by atoms with Gasteiger partial charge in [0.25, 0.3) is 0 Å². The fourth-order valence-electron chi connectivity index (χ4n) is 2.07. The number of likely N-dealkylation sites (N-methyl/N-ethyl adjacent to an activating group) is 1. The number of hydrogen-bond acceptors (Lipinski definition) is 3.